The van der Waals surface area contributed by atoms with Gasteiger partial charge in [-0.3, -0.25) is 4.18 Å². The average molecular weight is 325 g/mol. The molecule has 0 N–H and O–H groups in total. The molecule has 1 rings (SSSR count). The maximum atomic E-state index is 10.6. The van der Waals surface area contributed by atoms with Crippen LogP contribution in [0.1, 0.15) is 13.8 Å². The smallest absolute Gasteiger partial charge is 0.264 e. The minimum absolute atomic E-state index is 0.0192. The lowest BCUT2D eigenvalue weighted by Gasteiger charge is -2.05. The van der Waals surface area contributed by atoms with Crippen molar-refractivity contribution in [2.45, 2.75) is 13.8 Å². The molecule has 1 aromatic carbocycles. The first-order valence-electron chi connectivity index (χ1n) is 5.20. The highest BCUT2D eigenvalue weighted by Gasteiger charge is 2.01. The minimum Gasteiger partial charge on any atom is -0.491 e. The summed E-state index contributed by atoms with van der Waals surface area (Å²) in [5, 5.41) is 0. The first-order valence-corrected chi connectivity index (χ1v) is 7.81. The van der Waals surface area contributed by atoms with Gasteiger partial charge in [-0.05, 0) is 18.2 Å². The molecular formula is C11H17BrO4S. The zero-order chi connectivity index (χ0) is 13.3. The third-order valence-electron chi connectivity index (χ3n) is 1.45. The summed E-state index contributed by atoms with van der Waals surface area (Å²) < 4.78 is 31.9. The minimum atomic E-state index is -3.38. The Bertz CT molecular complexity index is 417. The van der Waals surface area contributed by atoms with E-state index < -0.39 is 10.1 Å². The van der Waals surface area contributed by atoms with E-state index >= 15 is 0 Å². The largest absolute Gasteiger partial charge is 0.491 e. The van der Waals surface area contributed by atoms with Gasteiger partial charge in [0.1, 0.15) is 19.0 Å². The van der Waals surface area contributed by atoms with Crippen molar-refractivity contribution >= 4 is 26.0 Å². The fourth-order valence-electron chi connectivity index (χ4n) is 0.902. The van der Waals surface area contributed by atoms with Gasteiger partial charge in [0.15, 0.2) is 0 Å². The van der Waals surface area contributed by atoms with Crippen molar-refractivity contribution in [3.05, 3.63) is 28.7 Å². The molecule has 1 aromatic rings. The maximum absolute atomic E-state index is 10.6. The van der Waals surface area contributed by atoms with E-state index in [1.165, 1.54) is 0 Å². The van der Waals surface area contributed by atoms with E-state index in [9.17, 15) is 8.42 Å². The van der Waals surface area contributed by atoms with Crippen LogP contribution in [-0.4, -0.2) is 27.9 Å². The molecule has 0 radical (unpaired) electrons. The summed E-state index contributed by atoms with van der Waals surface area (Å²) in [6.07, 6.45) is 1.01. The Hall–Kier alpha value is -0.590. The van der Waals surface area contributed by atoms with Gasteiger partial charge < -0.3 is 4.74 Å². The fraction of sp³-hybridized carbons (Fsp3) is 0.455. The Balaban J connectivity index is 0.00000121. The van der Waals surface area contributed by atoms with E-state index in [1.54, 1.807) is 12.1 Å². The molecule has 0 aromatic heterocycles. The van der Waals surface area contributed by atoms with Crippen LogP contribution in [0.5, 0.6) is 5.75 Å². The first kappa shape index (κ1) is 16.4. The van der Waals surface area contributed by atoms with Gasteiger partial charge in [0.2, 0.25) is 0 Å². The van der Waals surface area contributed by atoms with E-state index in [2.05, 4.69) is 20.1 Å². The lowest BCUT2D eigenvalue weighted by molar-refractivity contribution is 0.222. The van der Waals surface area contributed by atoms with Crippen molar-refractivity contribution in [2.75, 3.05) is 19.5 Å². The SMILES string of the molecule is CC.CS(=O)(=O)OCCOc1cccc(Br)c1. The first-order chi connectivity index (χ1) is 7.97. The summed E-state index contributed by atoms with van der Waals surface area (Å²) in [7, 11) is -3.38. The van der Waals surface area contributed by atoms with Crippen molar-refractivity contribution in [3.63, 3.8) is 0 Å². The molecule has 0 unspecified atom stereocenters. The summed E-state index contributed by atoms with van der Waals surface area (Å²) >= 11 is 3.30. The van der Waals surface area contributed by atoms with Gasteiger partial charge >= 0.3 is 0 Å². The van der Waals surface area contributed by atoms with E-state index in [4.69, 9.17) is 4.74 Å². The van der Waals surface area contributed by atoms with E-state index in [1.807, 2.05) is 26.0 Å². The van der Waals surface area contributed by atoms with Crippen LogP contribution in [0.2, 0.25) is 0 Å². The number of rotatable bonds is 5. The molecule has 0 saturated heterocycles. The summed E-state index contributed by atoms with van der Waals surface area (Å²) in [5.74, 6) is 0.668. The predicted molar refractivity (Wildman–Crippen MR) is 71.8 cm³/mol. The molecule has 0 aliphatic heterocycles. The molecule has 0 aliphatic rings. The van der Waals surface area contributed by atoms with Crippen LogP contribution in [0, 0.1) is 0 Å². The van der Waals surface area contributed by atoms with Gasteiger partial charge in [-0.2, -0.15) is 8.42 Å². The Morgan fingerprint density at radius 3 is 2.41 bits per heavy atom. The number of hydrogen-bond acceptors (Lipinski definition) is 4. The van der Waals surface area contributed by atoms with E-state index in [0.717, 1.165) is 10.7 Å². The molecule has 0 aliphatic carbocycles. The van der Waals surface area contributed by atoms with Crippen LogP contribution in [-0.2, 0) is 14.3 Å². The number of hydrogen-bond donors (Lipinski definition) is 0. The molecule has 0 heterocycles. The monoisotopic (exact) mass is 324 g/mol. The molecule has 98 valence electrons. The average Bonchev–Trinajstić information content (AvgIpc) is 2.26. The zero-order valence-corrected chi connectivity index (χ0v) is 12.5. The van der Waals surface area contributed by atoms with Crippen LogP contribution >= 0.6 is 15.9 Å². The van der Waals surface area contributed by atoms with E-state index in [-0.39, 0.29) is 13.2 Å². The van der Waals surface area contributed by atoms with Crippen LogP contribution in [0.15, 0.2) is 28.7 Å². The molecule has 0 amide bonds. The van der Waals surface area contributed by atoms with Crippen LogP contribution < -0.4 is 4.74 Å². The van der Waals surface area contributed by atoms with Crippen molar-refractivity contribution in [3.8, 4) is 5.75 Å². The summed E-state index contributed by atoms with van der Waals surface area (Å²) in [6, 6.07) is 7.28. The third kappa shape index (κ3) is 9.14. The lowest BCUT2D eigenvalue weighted by Crippen LogP contribution is -2.11. The predicted octanol–water partition coefficient (Wildman–Crippen LogP) is 2.83. The number of benzene rings is 1. The zero-order valence-electron chi connectivity index (χ0n) is 10.1. The Morgan fingerprint density at radius 1 is 1.24 bits per heavy atom. The standard InChI is InChI=1S/C9H11BrO4S.C2H6/c1-15(11,12)14-6-5-13-9-4-2-3-8(10)7-9;1-2/h2-4,7H,5-6H2,1H3;1-2H3. The van der Waals surface area contributed by atoms with Crippen molar-refractivity contribution < 1.29 is 17.3 Å². The molecule has 17 heavy (non-hydrogen) atoms. The van der Waals surface area contributed by atoms with E-state index in [0.29, 0.717) is 5.75 Å². The molecule has 6 heteroatoms. The van der Waals surface area contributed by atoms with Gasteiger partial charge in [0.05, 0.1) is 6.26 Å². The highest BCUT2D eigenvalue weighted by molar-refractivity contribution is 9.10. The Kier molecular flexibility index (Phi) is 8.20. The molecule has 4 nitrogen and oxygen atoms in total. The molecule has 0 atom stereocenters. The topological polar surface area (TPSA) is 52.6 Å². The maximum Gasteiger partial charge on any atom is 0.264 e. The van der Waals surface area contributed by atoms with Gasteiger partial charge in [-0.25, -0.2) is 0 Å². The molecular weight excluding hydrogens is 308 g/mol. The van der Waals surface area contributed by atoms with Crippen molar-refractivity contribution in [1.82, 2.24) is 0 Å². The van der Waals surface area contributed by atoms with Crippen LogP contribution in [0.25, 0.3) is 0 Å². The van der Waals surface area contributed by atoms with Gasteiger partial charge in [0.25, 0.3) is 10.1 Å². The molecule has 0 bridgehead atoms. The van der Waals surface area contributed by atoms with Crippen molar-refractivity contribution in [1.29, 1.82) is 0 Å². The highest BCUT2D eigenvalue weighted by atomic mass is 79.9. The fourth-order valence-corrected chi connectivity index (χ4v) is 1.65. The summed E-state index contributed by atoms with van der Waals surface area (Å²) in [5.41, 5.74) is 0. The number of halogens is 1. The Labute approximate surface area is 111 Å². The second-order valence-electron chi connectivity index (χ2n) is 2.83. The van der Waals surface area contributed by atoms with Crippen LogP contribution in [0.3, 0.4) is 0 Å². The quantitative estimate of drug-likeness (QED) is 0.617. The molecule has 0 spiro atoms. The lowest BCUT2D eigenvalue weighted by atomic mass is 10.3. The normalized spacial score (nSPS) is 10.4. The van der Waals surface area contributed by atoms with Crippen LogP contribution in [0.4, 0.5) is 0 Å². The van der Waals surface area contributed by atoms with Gasteiger partial charge in [0, 0.05) is 4.47 Å². The van der Waals surface area contributed by atoms with Gasteiger partial charge in [-0.15, -0.1) is 0 Å². The molecule has 0 saturated carbocycles. The molecule has 0 fully saturated rings. The summed E-state index contributed by atoms with van der Waals surface area (Å²) in [4.78, 5) is 0. The number of ether oxygens (including phenoxy) is 1. The summed E-state index contributed by atoms with van der Waals surface area (Å²) in [6.45, 7) is 4.22. The second kappa shape index (κ2) is 8.49. The van der Waals surface area contributed by atoms with Gasteiger partial charge in [-0.1, -0.05) is 35.8 Å². The Morgan fingerprint density at radius 2 is 1.88 bits per heavy atom. The highest BCUT2D eigenvalue weighted by Crippen LogP contribution is 2.17. The van der Waals surface area contributed by atoms with Crippen molar-refractivity contribution in [2.24, 2.45) is 0 Å². The second-order valence-corrected chi connectivity index (χ2v) is 5.39. The third-order valence-corrected chi connectivity index (χ3v) is 2.53.